The Kier molecular flexibility index (Phi) is 9.03. The predicted octanol–water partition coefficient (Wildman–Crippen LogP) is 4.52. The van der Waals surface area contributed by atoms with Gasteiger partial charge in [0.05, 0.1) is 4.92 Å². The van der Waals surface area contributed by atoms with Gasteiger partial charge in [-0.1, -0.05) is 20.8 Å². The molecular formula is C27H43N3O8Si. The van der Waals surface area contributed by atoms with E-state index in [0.717, 1.165) is 0 Å². The van der Waals surface area contributed by atoms with Gasteiger partial charge in [-0.25, -0.2) is 9.59 Å². The van der Waals surface area contributed by atoms with Crippen LogP contribution in [0.15, 0.2) is 24.3 Å². The van der Waals surface area contributed by atoms with Crippen molar-refractivity contribution in [1.29, 1.82) is 0 Å². The number of likely N-dealkylation sites (tertiary alicyclic amines) is 2. The SMILES string of the molecule is C[SiH](C)O[C@]1(C(O)C2CN(C(=O)OCc3ccc([N+](=O)[O-])cc3)C2)C[C@H](C(C)(C)C)CN1C(=O)OC(C)(C)C. The van der Waals surface area contributed by atoms with Crippen LogP contribution in [0.4, 0.5) is 15.3 Å². The van der Waals surface area contributed by atoms with Gasteiger partial charge < -0.3 is 23.9 Å². The Balaban J connectivity index is 1.72. The lowest BCUT2D eigenvalue weighted by Crippen LogP contribution is -2.66. The van der Waals surface area contributed by atoms with Gasteiger partial charge in [-0.3, -0.25) is 15.0 Å². The Labute approximate surface area is 232 Å². The number of nitro groups is 1. The highest BCUT2D eigenvalue weighted by Crippen LogP contribution is 2.47. The molecule has 3 atom stereocenters. The molecule has 1 N–H and O–H groups in total. The molecule has 12 heteroatoms. The summed E-state index contributed by atoms with van der Waals surface area (Å²) in [7, 11) is -1.74. The van der Waals surface area contributed by atoms with Crippen LogP contribution in [0.5, 0.6) is 0 Å². The predicted molar refractivity (Wildman–Crippen MR) is 148 cm³/mol. The lowest BCUT2D eigenvalue weighted by Gasteiger charge is -2.50. The maximum atomic E-state index is 13.4. The third kappa shape index (κ3) is 7.28. The molecule has 0 saturated carbocycles. The minimum absolute atomic E-state index is 0.0216. The van der Waals surface area contributed by atoms with E-state index in [4.69, 9.17) is 13.9 Å². The van der Waals surface area contributed by atoms with Gasteiger partial charge in [0.1, 0.15) is 18.3 Å². The van der Waals surface area contributed by atoms with Crippen molar-refractivity contribution in [2.24, 2.45) is 17.3 Å². The van der Waals surface area contributed by atoms with E-state index in [1.165, 1.54) is 17.0 Å². The van der Waals surface area contributed by atoms with Gasteiger partial charge in [0.2, 0.25) is 0 Å². The molecule has 1 unspecified atom stereocenters. The Morgan fingerprint density at radius 3 is 2.18 bits per heavy atom. The number of hydrogen-bond acceptors (Lipinski definition) is 8. The Hall–Kier alpha value is -2.70. The fourth-order valence-electron chi connectivity index (χ4n) is 5.08. The van der Waals surface area contributed by atoms with Crippen LogP contribution >= 0.6 is 0 Å². The molecule has 0 radical (unpaired) electrons. The van der Waals surface area contributed by atoms with Gasteiger partial charge in [0, 0.05) is 44.1 Å². The van der Waals surface area contributed by atoms with E-state index in [1.807, 2.05) is 33.9 Å². The van der Waals surface area contributed by atoms with Gasteiger partial charge in [-0.05, 0) is 62.9 Å². The fourth-order valence-corrected chi connectivity index (χ4v) is 6.26. The largest absolute Gasteiger partial charge is 0.445 e. The van der Waals surface area contributed by atoms with Crippen molar-refractivity contribution in [2.75, 3.05) is 19.6 Å². The van der Waals surface area contributed by atoms with Crippen LogP contribution in [0, 0.1) is 27.4 Å². The molecule has 0 spiro atoms. The van der Waals surface area contributed by atoms with Gasteiger partial charge >= 0.3 is 12.2 Å². The van der Waals surface area contributed by atoms with Crippen LogP contribution in [0.2, 0.25) is 13.1 Å². The van der Waals surface area contributed by atoms with Crippen molar-refractivity contribution in [3.05, 3.63) is 39.9 Å². The van der Waals surface area contributed by atoms with E-state index in [9.17, 15) is 24.8 Å². The second kappa shape index (κ2) is 11.4. The molecule has 218 valence electrons. The maximum absolute atomic E-state index is 13.4. The van der Waals surface area contributed by atoms with E-state index in [1.54, 1.807) is 17.0 Å². The molecule has 0 aliphatic carbocycles. The number of hydrogen-bond donors (Lipinski definition) is 1. The summed E-state index contributed by atoms with van der Waals surface area (Å²) in [5.74, 6) is -0.233. The average Bonchev–Trinajstić information content (AvgIpc) is 3.16. The van der Waals surface area contributed by atoms with Gasteiger partial charge in [-0.15, -0.1) is 0 Å². The number of nitrogens with zero attached hydrogens (tertiary/aromatic N) is 3. The summed E-state index contributed by atoms with van der Waals surface area (Å²) in [5.41, 5.74) is -1.47. The number of non-ortho nitro benzene ring substituents is 1. The highest BCUT2D eigenvalue weighted by Gasteiger charge is 2.60. The van der Waals surface area contributed by atoms with Crippen molar-refractivity contribution in [2.45, 2.75) is 85.1 Å². The number of ether oxygens (including phenoxy) is 2. The third-order valence-electron chi connectivity index (χ3n) is 7.26. The van der Waals surface area contributed by atoms with Crippen LogP contribution in [-0.4, -0.2) is 78.1 Å². The van der Waals surface area contributed by atoms with E-state index in [-0.39, 0.29) is 42.6 Å². The van der Waals surface area contributed by atoms with Crippen molar-refractivity contribution in [1.82, 2.24) is 9.80 Å². The number of amides is 2. The number of nitro benzene ring substituents is 1. The molecule has 39 heavy (non-hydrogen) atoms. The first kappa shape index (κ1) is 30.8. The standard InChI is InChI=1S/C27H43N3O8Si/c1-25(2,3)20-13-27(38-39(7)8,29(16-20)24(33)37-26(4,5)6)22(31)19-14-28(15-19)23(32)36-17-18-9-11-21(12-10-18)30(34)35/h9-12,19-20,22,31,39H,13-17H2,1-8H3/t20-,22?,27-/m0/s1. The number of benzene rings is 1. The van der Waals surface area contributed by atoms with E-state index in [0.29, 0.717) is 18.5 Å². The first-order chi connectivity index (χ1) is 17.9. The lowest BCUT2D eigenvalue weighted by atomic mass is 9.76. The molecule has 1 aromatic rings. The molecule has 2 aliphatic heterocycles. The maximum Gasteiger partial charge on any atom is 0.412 e. The Bertz CT molecular complexity index is 1050. The Morgan fingerprint density at radius 2 is 1.69 bits per heavy atom. The topological polar surface area (TPSA) is 132 Å². The minimum Gasteiger partial charge on any atom is -0.445 e. The molecule has 2 fully saturated rings. The highest BCUT2D eigenvalue weighted by atomic mass is 28.3. The number of rotatable bonds is 7. The molecule has 2 amide bonds. The average molecular weight is 566 g/mol. The molecule has 2 saturated heterocycles. The summed E-state index contributed by atoms with van der Waals surface area (Å²) in [6.45, 7) is 16.7. The number of carbonyl (C=O) groups excluding carboxylic acids is 2. The normalized spacial score (nSPS) is 23.0. The monoisotopic (exact) mass is 565 g/mol. The van der Waals surface area contributed by atoms with Crippen molar-refractivity contribution in [3.8, 4) is 0 Å². The van der Waals surface area contributed by atoms with Gasteiger partial charge in [0.25, 0.3) is 5.69 Å². The first-order valence-corrected chi connectivity index (χ1v) is 16.2. The summed E-state index contributed by atoms with van der Waals surface area (Å²) >= 11 is 0. The summed E-state index contributed by atoms with van der Waals surface area (Å²) in [6, 6.07) is 5.81. The van der Waals surface area contributed by atoms with Crippen LogP contribution in [-0.2, 0) is 20.5 Å². The number of aliphatic hydroxyl groups excluding tert-OH is 1. The summed E-state index contributed by atoms with van der Waals surface area (Å²) in [4.78, 5) is 39.5. The number of carbonyl (C=O) groups is 2. The second-order valence-electron chi connectivity index (χ2n) is 13.0. The van der Waals surface area contributed by atoms with Crippen LogP contribution in [0.25, 0.3) is 0 Å². The summed E-state index contributed by atoms with van der Waals surface area (Å²) < 4.78 is 17.7. The molecule has 1 aromatic carbocycles. The molecule has 0 bridgehead atoms. The molecular weight excluding hydrogens is 522 g/mol. The van der Waals surface area contributed by atoms with E-state index >= 15 is 0 Å². The lowest BCUT2D eigenvalue weighted by molar-refractivity contribution is -0.384. The molecule has 11 nitrogen and oxygen atoms in total. The molecule has 0 aromatic heterocycles. The fraction of sp³-hybridized carbons (Fsp3) is 0.704. The second-order valence-corrected chi connectivity index (χ2v) is 15.3. The molecule has 2 heterocycles. The zero-order valence-corrected chi connectivity index (χ0v) is 25.5. The van der Waals surface area contributed by atoms with Crippen LogP contribution in [0.3, 0.4) is 0 Å². The smallest absolute Gasteiger partial charge is 0.412 e. The highest BCUT2D eigenvalue weighted by molar-refractivity contribution is 6.48. The van der Waals surface area contributed by atoms with Crippen molar-refractivity contribution >= 4 is 26.9 Å². The van der Waals surface area contributed by atoms with Crippen molar-refractivity contribution in [3.63, 3.8) is 0 Å². The molecule has 3 rings (SSSR count). The third-order valence-corrected chi connectivity index (χ3v) is 8.14. The van der Waals surface area contributed by atoms with Gasteiger partial charge in [0.15, 0.2) is 14.8 Å². The summed E-state index contributed by atoms with van der Waals surface area (Å²) in [5, 5.41) is 22.6. The summed E-state index contributed by atoms with van der Waals surface area (Å²) in [6.07, 6.45) is -1.59. The van der Waals surface area contributed by atoms with E-state index < -0.39 is 43.6 Å². The van der Waals surface area contributed by atoms with Gasteiger partial charge in [-0.2, -0.15) is 0 Å². The zero-order chi connectivity index (χ0) is 29.3. The van der Waals surface area contributed by atoms with Crippen molar-refractivity contribution < 1.29 is 33.5 Å². The van der Waals surface area contributed by atoms with Crippen LogP contribution < -0.4 is 0 Å². The first-order valence-electron chi connectivity index (χ1n) is 13.4. The van der Waals surface area contributed by atoms with E-state index in [2.05, 4.69) is 20.8 Å². The number of aliphatic hydroxyl groups is 1. The molecule has 2 aliphatic rings. The zero-order valence-electron chi connectivity index (χ0n) is 24.3. The quantitative estimate of drug-likeness (QED) is 0.290. The Morgan fingerprint density at radius 1 is 1.10 bits per heavy atom. The minimum atomic E-state index is -1.74. The van der Waals surface area contributed by atoms with Crippen LogP contribution in [0.1, 0.15) is 53.5 Å².